The van der Waals surface area contributed by atoms with Gasteiger partial charge in [0, 0.05) is 29.8 Å². The first kappa shape index (κ1) is 10.8. The Morgan fingerprint density at radius 1 is 1.00 bits per heavy atom. The van der Waals surface area contributed by atoms with Gasteiger partial charge >= 0.3 is 0 Å². The van der Waals surface area contributed by atoms with Crippen molar-refractivity contribution in [2.24, 2.45) is 0 Å². The maximum Gasteiger partial charge on any atom is 0.127 e. The van der Waals surface area contributed by atoms with Crippen molar-refractivity contribution in [3.05, 3.63) is 16.7 Å². The van der Waals surface area contributed by atoms with Gasteiger partial charge in [0.05, 0.1) is 5.69 Å². The highest BCUT2D eigenvalue weighted by Crippen LogP contribution is 2.47. The average molecular weight is 233 g/mol. The first-order valence-electron chi connectivity index (χ1n) is 6.57. The van der Waals surface area contributed by atoms with E-state index in [1.54, 1.807) is 0 Å². The lowest BCUT2D eigenvalue weighted by molar-refractivity contribution is 0.424. The summed E-state index contributed by atoms with van der Waals surface area (Å²) in [4.78, 5) is 2.33. The SMILES string of the molecule is CCc1c(O)c2c3c(c1O)CCCN3CCC2. The summed E-state index contributed by atoms with van der Waals surface area (Å²) < 4.78 is 0. The number of benzene rings is 1. The Kier molecular flexibility index (Phi) is 2.42. The molecular weight excluding hydrogens is 214 g/mol. The molecule has 0 bridgehead atoms. The van der Waals surface area contributed by atoms with E-state index in [0.29, 0.717) is 17.9 Å². The third-order valence-electron chi connectivity index (χ3n) is 4.09. The third-order valence-corrected chi connectivity index (χ3v) is 4.09. The van der Waals surface area contributed by atoms with Crippen LogP contribution in [0.2, 0.25) is 0 Å². The van der Waals surface area contributed by atoms with Crippen LogP contribution in [0, 0.1) is 0 Å². The molecule has 3 heteroatoms. The topological polar surface area (TPSA) is 43.7 Å². The monoisotopic (exact) mass is 233 g/mol. The summed E-state index contributed by atoms with van der Waals surface area (Å²) in [6, 6.07) is 0. The Bertz CT molecular complexity index is 431. The lowest BCUT2D eigenvalue weighted by atomic mass is 9.87. The van der Waals surface area contributed by atoms with Gasteiger partial charge in [-0.05, 0) is 32.1 Å². The minimum Gasteiger partial charge on any atom is -0.507 e. The fraction of sp³-hybridized carbons (Fsp3) is 0.571. The van der Waals surface area contributed by atoms with Gasteiger partial charge in [-0.2, -0.15) is 0 Å². The predicted octanol–water partition coefficient (Wildman–Crippen LogP) is 2.36. The van der Waals surface area contributed by atoms with E-state index in [-0.39, 0.29) is 0 Å². The standard InChI is InChI=1S/C14H19NO2/c1-2-9-13(16)10-5-3-7-15-8-4-6-11(12(10)15)14(9)17/h16-17H,2-8H2,1H3. The van der Waals surface area contributed by atoms with Crippen molar-refractivity contribution in [2.45, 2.75) is 39.0 Å². The Labute approximate surface area is 102 Å². The molecule has 0 fully saturated rings. The largest absolute Gasteiger partial charge is 0.507 e. The molecular formula is C14H19NO2. The van der Waals surface area contributed by atoms with Crippen LogP contribution in [0.15, 0.2) is 0 Å². The van der Waals surface area contributed by atoms with E-state index < -0.39 is 0 Å². The molecule has 0 radical (unpaired) electrons. The van der Waals surface area contributed by atoms with Gasteiger partial charge < -0.3 is 15.1 Å². The van der Waals surface area contributed by atoms with Crippen molar-refractivity contribution in [1.29, 1.82) is 0 Å². The fourth-order valence-electron chi connectivity index (χ4n) is 3.30. The van der Waals surface area contributed by atoms with Crippen molar-refractivity contribution in [3.63, 3.8) is 0 Å². The van der Waals surface area contributed by atoms with Crippen molar-refractivity contribution in [1.82, 2.24) is 0 Å². The summed E-state index contributed by atoms with van der Waals surface area (Å²) >= 11 is 0. The van der Waals surface area contributed by atoms with Crippen LogP contribution in [-0.2, 0) is 19.3 Å². The van der Waals surface area contributed by atoms with E-state index >= 15 is 0 Å². The van der Waals surface area contributed by atoms with Gasteiger partial charge in [0.1, 0.15) is 11.5 Å². The van der Waals surface area contributed by atoms with Gasteiger partial charge in [-0.25, -0.2) is 0 Å². The van der Waals surface area contributed by atoms with Gasteiger partial charge in [0.25, 0.3) is 0 Å². The second-order valence-corrected chi connectivity index (χ2v) is 5.03. The minimum absolute atomic E-state index is 0.343. The molecule has 0 saturated heterocycles. The summed E-state index contributed by atoms with van der Waals surface area (Å²) in [6.07, 6.45) is 4.79. The van der Waals surface area contributed by atoms with Crippen molar-refractivity contribution in [2.75, 3.05) is 18.0 Å². The lowest BCUT2D eigenvalue weighted by Crippen LogP contribution is -2.34. The number of nitrogens with zero attached hydrogens (tertiary/aromatic N) is 1. The molecule has 3 rings (SSSR count). The summed E-state index contributed by atoms with van der Waals surface area (Å²) in [7, 11) is 0. The van der Waals surface area contributed by atoms with E-state index in [1.165, 1.54) is 0 Å². The number of phenols is 2. The van der Waals surface area contributed by atoms with E-state index in [4.69, 9.17) is 0 Å². The number of hydrogen-bond acceptors (Lipinski definition) is 3. The third kappa shape index (κ3) is 1.41. The van der Waals surface area contributed by atoms with Gasteiger partial charge in [-0.1, -0.05) is 6.92 Å². The smallest absolute Gasteiger partial charge is 0.127 e. The summed E-state index contributed by atoms with van der Waals surface area (Å²) in [5.41, 5.74) is 4.01. The Balaban J connectivity index is 2.29. The molecule has 2 aliphatic heterocycles. The van der Waals surface area contributed by atoms with E-state index in [9.17, 15) is 10.2 Å². The van der Waals surface area contributed by atoms with Crippen LogP contribution in [0.1, 0.15) is 36.5 Å². The molecule has 0 spiro atoms. The van der Waals surface area contributed by atoms with Crippen LogP contribution < -0.4 is 4.90 Å². The lowest BCUT2D eigenvalue weighted by Gasteiger charge is -2.38. The van der Waals surface area contributed by atoms with Crippen molar-refractivity contribution in [3.8, 4) is 11.5 Å². The molecule has 17 heavy (non-hydrogen) atoms. The molecule has 0 aromatic heterocycles. The zero-order valence-corrected chi connectivity index (χ0v) is 10.3. The maximum absolute atomic E-state index is 10.3. The number of phenolic OH excluding ortho intramolecular Hbond substituents is 2. The highest BCUT2D eigenvalue weighted by molar-refractivity contribution is 5.73. The maximum atomic E-state index is 10.3. The van der Waals surface area contributed by atoms with Crippen LogP contribution in [0.25, 0.3) is 0 Å². The predicted molar refractivity (Wildman–Crippen MR) is 68.0 cm³/mol. The minimum atomic E-state index is 0.343. The number of rotatable bonds is 1. The average Bonchev–Trinajstić information content (AvgIpc) is 2.36. The van der Waals surface area contributed by atoms with Gasteiger partial charge in [-0.3, -0.25) is 0 Å². The van der Waals surface area contributed by atoms with E-state index in [1.807, 2.05) is 6.92 Å². The highest BCUT2D eigenvalue weighted by atomic mass is 16.3. The molecule has 0 aliphatic carbocycles. The first-order chi connectivity index (χ1) is 8.24. The Morgan fingerprint density at radius 3 is 2.00 bits per heavy atom. The second kappa shape index (κ2) is 3.83. The normalized spacial score (nSPS) is 18.1. The van der Waals surface area contributed by atoms with Gasteiger partial charge in [-0.15, -0.1) is 0 Å². The molecule has 2 heterocycles. The van der Waals surface area contributed by atoms with Crippen LogP contribution in [0.3, 0.4) is 0 Å². The molecule has 92 valence electrons. The van der Waals surface area contributed by atoms with Crippen LogP contribution >= 0.6 is 0 Å². The van der Waals surface area contributed by atoms with Crippen LogP contribution in [0.4, 0.5) is 5.69 Å². The van der Waals surface area contributed by atoms with Gasteiger partial charge in [0.2, 0.25) is 0 Å². The molecule has 1 aromatic carbocycles. The Hall–Kier alpha value is -1.38. The summed E-state index contributed by atoms with van der Waals surface area (Å²) in [5, 5.41) is 20.6. The van der Waals surface area contributed by atoms with E-state index in [0.717, 1.165) is 61.2 Å². The molecule has 0 amide bonds. The molecule has 3 nitrogen and oxygen atoms in total. The zero-order chi connectivity index (χ0) is 12.0. The summed E-state index contributed by atoms with van der Waals surface area (Å²) in [5.74, 6) is 0.686. The Morgan fingerprint density at radius 2 is 1.53 bits per heavy atom. The van der Waals surface area contributed by atoms with Crippen molar-refractivity contribution >= 4 is 5.69 Å². The number of hydrogen-bond donors (Lipinski definition) is 2. The molecule has 0 atom stereocenters. The molecule has 2 N–H and O–H groups in total. The fourth-order valence-corrected chi connectivity index (χ4v) is 3.30. The highest BCUT2D eigenvalue weighted by Gasteiger charge is 2.30. The quantitative estimate of drug-likeness (QED) is 0.782. The van der Waals surface area contributed by atoms with Crippen molar-refractivity contribution < 1.29 is 10.2 Å². The number of anilines is 1. The molecule has 2 aliphatic rings. The van der Waals surface area contributed by atoms with Gasteiger partial charge in [0.15, 0.2) is 0 Å². The van der Waals surface area contributed by atoms with E-state index in [2.05, 4.69) is 4.90 Å². The van der Waals surface area contributed by atoms with Crippen LogP contribution in [-0.4, -0.2) is 23.3 Å². The zero-order valence-electron chi connectivity index (χ0n) is 10.3. The summed E-state index contributed by atoms with van der Waals surface area (Å²) in [6.45, 7) is 4.10. The first-order valence-corrected chi connectivity index (χ1v) is 6.57. The van der Waals surface area contributed by atoms with Crippen LogP contribution in [0.5, 0.6) is 11.5 Å². The number of aromatic hydroxyl groups is 2. The second-order valence-electron chi connectivity index (χ2n) is 5.03. The molecule has 0 saturated carbocycles. The molecule has 0 unspecified atom stereocenters. The molecule has 1 aromatic rings.